The third-order valence-electron chi connectivity index (χ3n) is 7.22. The van der Waals surface area contributed by atoms with Crippen LogP contribution in [-0.4, -0.2) is 66.3 Å². The Bertz CT molecular complexity index is 1460. The number of anilines is 1. The molecule has 0 saturated carbocycles. The fourth-order valence-corrected chi connectivity index (χ4v) is 7.07. The van der Waals surface area contributed by atoms with Crippen molar-refractivity contribution in [2.24, 2.45) is 11.1 Å². The van der Waals surface area contributed by atoms with Gasteiger partial charge in [-0.15, -0.1) is 0 Å². The molecule has 37 heavy (non-hydrogen) atoms. The predicted molar refractivity (Wildman–Crippen MR) is 141 cm³/mol. The molecular formula is C25H30N4O6S2. The van der Waals surface area contributed by atoms with Crippen molar-refractivity contribution in [2.45, 2.75) is 29.1 Å². The number of piperidine rings is 1. The van der Waals surface area contributed by atoms with E-state index in [1.807, 2.05) is 0 Å². The van der Waals surface area contributed by atoms with Crippen LogP contribution in [0.4, 0.5) is 5.69 Å². The summed E-state index contributed by atoms with van der Waals surface area (Å²) >= 11 is 0. The lowest BCUT2D eigenvalue weighted by Gasteiger charge is -2.37. The number of ether oxygens (including phenoxy) is 1. The van der Waals surface area contributed by atoms with E-state index in [1.165, 1.54) is 41.9 Å². The lowest BCUT2D eigenvalue weighted by Crippen LogP contribution is -2.46. The van der Waals surface area contributed by atoms with E-state index in [2.05, 4.69) is 0 Å². The molecule has 2 aliphatic rings. The van der Waals surface area contributed by atoms with E-state index < -0.39 is 25.3 Å². The molecule has 0 bridgehead atoms. The molecule has 2 saturated heterocycles. The van der Waals surface area contributed by atoms with Crippen molar-refractivity contribution in [3.05, 3.63) is 54.2 Å². The maximum Gasteiger partial charge on any atom is 0.243 e. The molecule has 1 spiro atoms. The Labute approximate surface area is 217 Å². The minimum Gasteiger partial charge on any atom is -0.496 e. The molecule has 0 unspecified atom stereocenters. The molecule has 2 fully saturated rings. The Balaban J connectivity index is 1.50. The molecule has 0 aliphatic carbocycles. The van der Waals surface area contributed by atoms with Crippen LogP contribution in [-0.2, 0) is 24.7 Å². The summed E-state index contributed by atoms with van der Waals surface area (Å²) in [6, 6.07) is 10.5. The van der Waals surface area contributed by atoms with Gasteiger partial charge in [-0.3, -0.25) is 4.79 Å². The zero-order valence-electron chi connectivity index (χ0n) is 20.7. The van der Waals surface area contributed by atoms with Gasteiger partial charge in [0.25, 0.3) is 0 Å². The number of carbonyl (C=O) groups is 1. The van der Waals surface area contributed by atoms with Gasteiger partial charge in [-0.05, 0) is 55.7 Å². The van der Waals surface area contributed by atoms with Crippen LogP contribution in [0.5, 0.6) is 5.75 Å². The second kappa shape index (κ2) is 9.92. The molecule has 2 heterocycles. The van der Waals surface area contributed by atoms with E-state index in [0.29, 0.717) is 48.4 Å². The summed E-state index contributed by atoms with van der Waals surface area (Å²) in [7, 11) is -5.73. The molecule has 2 aliphatic heterocycles. The number of nitrogens with one attached hydrogen (secondary N) is 1. The summed E-state index contributed by atoms with van der Waals surface area (Å²) in [4.78, 5) is 15.3. The molecule has 4 rings (SSSR count). The van der Waals surface area contributed by atoms with Gasteiger partial charge in [0, 0.05) is 61.2 Å². The van der Waals surface area contributed by atoms with Crippen LogP contribution in [0.2, 0.25) is 0 Å². The average Bonchev–Trinajstić information content (AvgIpc) is 3.20. The van der Waals surface area contributed by atoms with Gasteiger partial charge >= 0.3 is 0 Å². The van der Waals surface area contributed by atoms with Crippen molar-refractivity contribution in [1.29, 1.82) is 5.41 Å². The number of methoxy groups -OCH3 is 1. The second-order valence-corrected chi connectivity index (χ2v) is 13.2. The van der Waals surface area contributed by atoms with Gasteiger partial charge < -0.3 is 20.8 Å². The van der Waals surface area contributed by atoms with Crippen LogP contribution in [0.15, 0.2) is 58.5 Å². The van der Waals surface area contributed by atoms with Crippen LogP contribution in [0.3, 0.4) is 0 Å². The van der Waals surface area contributed by atoms with Crippen LogP contribution < -0.4 is 15.4 Å². The van der Waals surface area contributed by atoms with Crippen LogP contribution >= 0.6 is 0 Å². The number of sulfone groups is 1. The molecule has 0 aromatic heterocycles. The molecule has 0 atom stereocenters. The quantitative estimate of drug-likeness (QED) is 0.506. The van der Waals surface area contributed by atoms with Crippen LogP contribution in [0, 0.1) is 10.8 Å². The van der Waals surface area contributed by atoms with Crippen molar-refractivity contribution in [3.63, 3.8) is 0 Å². The van der Waals surface area contributed by atoms with Crippen molar-refractivity contribution < 1.29 is 26.4 Å². The van der Waals surface area contributed by atoms with Crippen molar-refractivity contribution in [2.75, 3.05) is 37.9 Å². The van der Waals surface area contributed by atoms with Gasteiger partial charge in [0.15, 0.2) is 9.84 Å². The van der Waals surface area contributed by atoms with Crippen LogP contribution in [0.25, 0.3) is 5.57 Å². The summed E-state index contributed by atoms with van der Waals surface area (Å²) in [6.45, 7) is 0.898. The Morgan fingerprint density at radius 3 is 2.14 bits per heavy atom. The number of sulfonamides is 1. The lowest BCUT2D eigenvalue weighted by molar-refractivity contribution is -0.127. The summed E-state index contributed by atoms with van der Waals surface area (Å²) in [5, 5.41) is 7.54. The van der Waals surface area contributed by atoms with E-state index in [9.17, 15) is 21.6 Å². The normalized spacial score (nSPS) is 18.8. The first-order valence-corrected chi connectivity index (χ1v) is 15.0. The molecule has 1 amide bonds. The van der Waals surface area contributed by atoms with Gasteiger partial charge in [-0.25, -0.2) is 16.8 Å². The van der Waals surface area contributed by atoms with E-state index in [1.54, 1.807) is 23.1 Å². The van der Waals surface area contributed by atoms with E-state index in [4.69, 9.17) is 15.9 Å². The fourth-order valence-electron chi connectivity index (χ4n) is 5.00. The third kappa shape index (κ3) is 4.88. The maximum absolute atomic E-state index is 13.6. The highest BCUT2D eigenvalue weighted by Gasteiger charge is 2.50. The zero-order valence-corrected chi connectivity index (χ0v) is 22.3. The fraction of sp³-hybridized carbons (Fsp3) is 0.360. The van der Waals surface area contributed by atoms with Gasteiger partial charge in [0.1, 0.15) is 5.75 Å². The van der Waals surface area contributed by atoms with Gasteiger partial charge in [0.2, 0.25) is 15.9 Å². The summed E-state index contributed by atoms with van der Waals surface area (Å²) in [5.74, 6) is 0.452. The van der Waals surface area contributed by atoms with Crippen LogP contribution in [0.1, 0.15) is 24.8 Å². The molecule has 12 heteroatoms. The molecule has 198 valence electrons. The monoisotopic (exact) mass is 546 g/mol. The number of allylic oxidation sites excluding steroid dienone is 1. The molecule has 0 radical (unpaired) electrons. The summed E-state index contributed by atoms with van der Waals surface area (Å²) in [5.41, 5.74) is 6.78. The zero-order chi connectivity index (χ0) is 27.0. The number of carbonyl (C=O) groups excluding carboxylic acids is 1. The summed E-state index contributed by atoms with van der Waals surface area (Å²) in [6.07, 6.45) is 4.93. The van der Waals surface area contributed by atoms with Crippen molar-refractivity contribution in [1.82, 2.24) is 4.31 Å². The number of amides is 1. The smallest absolute Gasteiger partial charge is 0.243 e. The third-order valence-corrected chi connectivity index (χ3v) is 10.3. The Morgan fingerprint density at radius 2 is 1.59 bits per heavy atom. The second-order valence-electron chi connectivity index (χ2n) is 9.29. The topological polar surface area (TPSA) is 151 Å². The van der Waals surface area contributed by atoms with Gasteiger partial charge in [0.05, 0.1) is 22.3 Å². The first-order valence-electron chi connectivity index (χ1n) is 11.7. The molecular weight excluding hydrogens is 516 g/mol. The highest BCUT2D eigenvalue weighted by molar-refractivity contribution is 7.90. The number of rotatable bonds is 7. The SMILES string of the molecule is COc1cc(N2CCC3(CCN(S(=O)(=O)c4ccc(S(C)(=O)=O)cc4)CC3)C2=O)ccc1/C(C=N)=C/N. The van der Waals surface area contributed by atoms with Crippen molar-refractivity contribution >= 4 is 43.2 Å². The van der Waals surface area contributed by atoms with Gasteiger partial charge in [-0.2, -0.15) is 4.31 Å². The first kappa shape index (κ1) is 26.8. The lowest BCUT2D eigenvalue weighted by atomic mass is 9.77. The van der Waals surface area contributed by atoms with E-state index in [0.717, 1.165) is 12.5 Å². The highest BCUT2D eigenvalue weighted by atomic mass is 32.2. The molecule has 2 aromatic carbocycles. The van der Waals surface area contributed by atoms with E-state index in [-0.39, 0.29) is 28.8 Å². The average molecular weight is 547 g/mol. The maximum atomic E-state index is 13.6. The molecule has 3 N–H and O–H groups in total. The standard InChI is InChI=1S/C25H30N4O6S2/c1-35-23-15-19(3-8-22(23)18(16-26)17-27)29-14-11-25(24(29)30)9-12-28(13-10-25)37(33,34)21-6-4-20(5-7-21)36(2,31)32/h3-8,15-17,26H,9-14,27H2,1-2H3/b18-17+,26-16?. The van der Waals surface area contributed by atoms with E-state index >= 15 is 0 Å². The highest BCUT2D eigenvalue weighted by Crippen LogP contribution is 2.44. The number of hydrogen-bond acceptors (Lipinski definition) is 8. The summed E-state index contributed by atoms with van der Waals surface area (Å²) < 4.78 is 56.5. The van der Waals surface area contributed by atoms with Gasteiger partial charge in [-0.1, -0.05) is 0 Å². The number of nitrogens with zero attached hydrogens (tertiary/aromatic N) is 2. The predicted octanol–water partition coefficient (Wildman–Crippen LogP) is 2.26. The first-order chi connectivity index (χ1) is 17.5. The number of hydrogen-bond donors (Lipinski definition) is 2. The minimum atomic E-state index is -3.82. The minimum absolute atomic E-state index is 0.0261. The number of benzene rings is 2. The molecule has 2 aromatic rings. The Morgan fingerprint density at radius 1 is 1.00 bits per heavy atom. The Kier molecular flexibility index (Phi) is 7.19. The Hall–Kier alpha value is -3.22. The largest absolute Gasteiger partial charge is 0.496 e. The van der Waals surface area contributed by atoms with Crippen molar-refractivity contribution in [3.8, 4) is 5.75 Å². The molecule has 10 nitrogen and oxygen atoms in total. The number of nitrogens with two attached hydrogens (primary N) is 1.